The Kier molecular flexibility index (Phi) is 2.00. The lowest BCUT2D eigenvalue weighted by molar-refractivity contribution is -0.0304. The number of benzene rings is 1. The molecule has 0 radical (unpaired) electrons. The van der Waals surface area contributed by atoms with Gasteiger partial charge in [0.05, 0.1) is 0 Å². The topological polar surface area (TPSA) is 33.4 Å². The molecular weight excluding hydrogens is 212 g/mol. The van der Waals surface area contributed by atoms with Crippen LogP contribution in [0, 0.1) is 12.3 Å². The van der Waals surface area contributed by atoms with Crippen LogP contribution in [0.1, 0.15) is 38.0 Å². The number of fused-ring (bicyclic) bond motifs is 1. The van der Waals surface area contributed by atoms with Crippen LogP contribution in [0.2, 0.25) is 0 Å². The molecule has 1 aromatic heterocycles. The molecule has 0 amide bonds. The van der Waals surface area contributed by atoms with Gasteiger partial charge in [-0.25, -0.2) is 0 Å². The van der Waals surface area contributed by atoms with Gasteiger partial charge in [0.2, 0.25) is 0 Å². The Morgan fingerprint density at radius 1 is 1.35 bits per heavy atom. The molecule has 1 atom stereocenters. The van der Waals surface area contributed by atoms with Crippen molar-refractivity contribution in [3.63, 3.8) is 0 Å². The van der Waals surface area contributed by atoms with E-state index in [9.17, 15) is 5.11 Å². The molecule has 1 aromatic carbocycles. The van der Waals surface area contributed by atoms with E-state index in [1.54, 1.807) is 0 Å². The van der Waals surface area contributed by atoms with Crippen LogP contribution in [0.25, 0.3) is 11.0 Å². The predicted octanol–water partition coefficient (Wildman–Crippen LogP) is 3.75. The van der Waals surface area contributed by atoms with Gasteiger partial charge in [0.15, 0.2) is 0 Å². The average molecular weight is 230 g/mol. The number of aryl methyl sites for hydroxylation is 1. The molecule has 0 spiro atoms. The van der Waals surface area contributed by atoms with Gasteiger partial charge < -0.3 is 9.52 Å². The molecular formula is C15H18O2. The lowest BCUT2D eigenvalue weighted by Crippen LogP contribution is -2.30. The van der Waals surface area contributed by atoms with Gasteiger partial charge in [0.25, 0.3) is 0 Å². The number of hydrogen-bond donors (Lipinski definition) is 1. The lowest BCUT2D eigenvalue weighted by atomic mass is 9.85. The third-order valence-electron chi connectivity index (χ3n) is 4.40. The van der Waals surface area contributed by atoms with E-state index < -0.39 is 5.60 Å². The van der Waals surface area contributed by atoms with Gasteiger partial charge in [-0.1, -0.05) is 25.1 Å². The molecule has 2 heteroatoms. The molecule has 0 aliphatic heterocycles. The van der Waals surface area contributed by atoms with E-state index in [1.807, 2.05) is 38.1 Å². The van der Waals surface area contributed by atoms with Gasteiger partial charge in [0.1, 0.15) is 16.9 Å². The molecule has 1 saturated carbocycles. The zero-order valence-corrected chi connectivity index (χ0v) is 10.6. The summed E-state index contributed by atoms with van der Waals surface area (Å²) in [5.74, 6) is 0.696. The number of hydrogen-bond acceptors (Lipinski definition) is 2. The number of para-hydroxylation sites is 1. The largest absolute Gasteiger partial charge is 0.458 e. The number of rotatable bonds is 2. The molecule has 2 aromatic rings. The highest BCUT2D eigenvalue weighted by Crippen LogP contribution is 2.58. The number of aliphatic hydroxyl groups is 1. The van der Waals surface area contributed by atoms with Crippen molar-refractivity contribution in [3.05, 3.63) is 35.6 Å². The standard InChI is InChI=1S/C15H18O2/c1-10-5-4-6-11-9-12(17-13(10)11)15(3,16)14(2)7-8-14/h4-6,9,16H,7-8H2,1-3H3. The maximum absolute atomic E-state index is 10.7. The summed E-state index contributed by atoms with van der Waals surface area (Å²) < 4.78 is 5.88. The smallest absolute Gasteiger partial charge is 0.137 e. The minimum atomic E-state index is -0.863. The normalized spacial score (nSPS) is 21.4. The second kappa shape index (κ2) is 3.14. The molecule has 1 heterocycles. The molecule has 1 unspecified atom stereocenters. The summed E-state index contributed by atoms with van der Waals surface area (Å²) in [5, 5.41) is 11.8. The van der Waals surface area contributed by atoms with E-state index in [1.165, 1.54) is 0 Å². The summed E-state index contributed by atoms with van der Waals surface area (Å²) in [4.78, 5) is 0. The first kappa shape index (κ1) is 10.8. The Morgan fingerprint density at radius 2 is 2.06 bits per heavy atom. The van der Waals surface area contributed by atoms with E-state index in [0.717, 1.165) is 29.4 Å². The second-order valence-corrected chi connectivity index (χ2v) is 5.74. The first-order chi connectivity index (χ1) is 7.94. The van der Waals surface area contributed by atoms with Gasteiger partial charge in [-0.2, -0.15) is 0 Å². The van der Waals surface area contributed by atoms with Gasteiger partial charge in [-0.15, -0.1) is 0 Å². The van der Waals surface area contributed by atoms with Gasteiger partial charge in [-0.3, -0.25) is 0 Å². The third kappa shape index (κ3) is 1.44. The summed E-state index contributed by atoms with van der Waals surface area (Å²) in [5.41, 5.74) is 1.13. The number of furan rings is 1. The van der Waals surface area contributed by atoms with Crippen molar-refractivity contribution in [2.45, 2.75) is 39.2 Å². The summed E-state index contributed by atoms with van der Waals surface area (Å²) in [7, 11) is 0. The SMILES string of the molecule is Cc1cccc2cc(C(C)(O)C3(C)CC3)oc12. The Morgan fingerprint density at radius 3 is 2.65 bits per heavy atom. The van der Waals surface area contributed by atoms with Crippen molar-refractivity contribution in [2.24, 2.45) is 5.41 Å². The highest BCUT2D eigenvalue weighted by molar-refractivity contribution is 5.81. The minimum absolute atomic E-state index is 0.0191. The van der Waals surface area contributed by atoms with E-state index in [4.69, 9.17) is 4.42 Å². The Balaban J connectivity index is 2.16. The highest BCUT2D eigenvalue weighted by atomic mass is 16.4. The zero-order valence-electron chi connectivity index (χ0n) is 10.6. The molecule has 1 aliphatic rings. The van der Waals surface area contributed by atoms with Gasteiger partial charge in [0, 0.05) is 10.8 Å². The fourth-order valence-electron chi connectivity index (χ4n) is 2.42. The zero-order chi connectivity index (χ0) is 12.3. The lowest BCUT2D eigenvalue weighted by Gasteiger charge is -2.28. The van der Waals surface area contributed by atoms with E-state index in [2.05, 4.69) is 6.92 Å². The third-order valence-corrected chi connectivity index (χ3v) is 4.40. The fourth-order valence-corrected chi connectivity index (χ4v) is 2.42. The van der Waals surface area contributed by atoms with Crippen LogP contribution < -0.4 is 0 Å². The Labute approximate surface area is 101 Å². The van der Waals surface area contributed by atoms with E-state index in [-0.39, 0.29) is 5.41 Å². The van der Waals surface area contributed by atoms with Crippen molar-refractivity contribution in [3.8, 4) is 0 Å². The van der Waals surface area contributed by atoms with Crippen LogP contribution in [0.15, 0.2) is 28.7 Å². The first-order valence-corrected chi connectivity index (χ1v) is 6.16. The van der Waals surface area contributed by atoms with Crippen LogP contribution in [-0.2, 0) is 5.60 Å². The Hall–Kier alpha value is -1.28. The summed E-state index contributed by atoms with van der Waals surface area (Å²) >= 11 is 0. The van der Waals surface area contributed by atoms with Crippen LogP contribution in [0.5, 0.6) is 0 Å². The maximum atomic E-state index is 10.7. The van der Waals surface area contributed by atoms with Gasteiger partial charge >= 0.3 is 0 Å². The summed E-state index contributed by atoms with van der Waals surface area (Å²) in [6.07, 6.45) is 2.13. The monoisotopic (exact) mass is 230 g/mol. The van der Waals surface area contributed by atoms with Crippen LogP contribution in [-0.4, -0.2) is 5.11 Å². The maximum Gasteiger partial charge on any atom is 0.137 e. The molecule has 17 heavy (non-hydrogen) atoms. The van der Waals surface area contributed by atoms with Crippen molar-refractivity contribution in [1.29, 1.82) is 0 Å². The van der Waals surface area contributed by atoms with Crippen molar-refractivity contribution < 1.29 is 9.52 Å². The second-order valence-electron chi connectivity index (χ2n) is 5.74. The highest BCUT2D eigenvalue weighted by Gasteiger charge is 2.54. The first-order valence-electron chi connectivity index (χ1n) is 6.16. The minimum Gasteiger partial charge on any atom is -0.458 e. The van der Waals surface area contributed by atoms with Gasteiger partial charge in [-0.05, 0) is 38.3 Å². The summed E-state index contributed by atoms with van der Waals surface area (Å²) in [6.45, 7) is 6.02. The fraction of sp³-hybridized carbons (Fsp3) is 0.467. The molecule has 0 saturated heterocycles. The molecule has 1 aliphatic carbocycles. The van der Waals surface area contributed by atoms with Crippen molar-refractivity contribution in [1.82, 2.24) is 0 Å². The molecule has 90 valence electrons. The predicted molar refractivity (Wildman–Crippen MR) is 67.9 cm³/mol. The van der Waals surface area contributed by atoms with E-state index in [0.29, 0.717) is 5.76 Å². The van der Waals surface area contributed by atoms with Crippen LogP contribution >= 0.6 is 0 Å². The van der Waals surface area contributed by atoms with Crippen LogP contribution in [0.4, 0.5) is 0 Å². The van der Waals surface area contributed by atoms with Crippen LogP contribution in [0.3, 0.4) is 0 Å². The molecule has 1 fully saturated rings. The molecule has 3 rings (SSSR count). The molecule has 2 nitrogen and oxygen atoms in total. The molecule has 1 N–H and O–H groups in total. The average Bonchev–Trinajstić information content (AvgIpc) is 2.88. The van der Waals surface area contributed by atoms with Crippen molar-refractivity contribution in [2.75, 3.05) is 0 Å². The van der Waals surface area contributed by atoms with Crippen molar-refractivity contribution >= 4 is 11.0 Å². The molecule has 0 bridgehead atoms. The van der Waals surface area contributed by atoms with E-state index >= 15 is 0 Å². The quantitative estimate of drug-likeness (QED) is 0.852. The Bertz CT molecular complexity index is 574. The summed E-state index contributed by atoms with van der Waals surface area (Å²) in [6, 6.07) is 8.06.